The number of pyridine rings is 3. The van der Waals surface area contributed by atoms with Crippen LogP contribution in [0.25, 0.3) is 5.65 Å². The molecule has 0 aromatic carbocycles. The average molecular weight is 362 g/mol. The highest BCUT2D eigenvalue weighted by molar-refractivity contribution is 6.08. The number of aromatic nitrogens is 5. The van der Waals surface area contributed by atoms with Gasteiger partial charge >= 0.3 is 0 Å². The van der Waals surface area contributed by atoms with Gasteiger partial charge in [0.1, 0.15) is 23.6 Å². The van der Waals surface area contributed by atoms with Gasteiger partial charge in [-0.25, -0.2) is 9.50 Å². The van der Waals surface area contributed by atoms with Crippen molar-refractivity contribution in [3.63, 3.8) is 0 Å². The molecule has 0 aliphatic heterocycles. The van der Waals surface area contributed by atoms with Crippen molar-refractivity contribution < 1.29 is 14.3 Å². The molecule has 9 heteroatoms. The zero-order chi connectivity index (χ0) is 18.6. The summed E-state index contributed by atoms with van der Waals surface area (Å²) in [6.45, 7) is 0. The lowest BCUT2D eigenvalue weighted by Gasteiger charge is -2.10. The van der Waals surface area contributed by atoms with Crippen molar-refractivity contribution in [2.75, 3.05) is 12.4 Å². The fraction of sp³-hybridized carbons (Fsp3) is 0.0556. The molecule has 4 aromatic heterocycles. The van der Waals surface area contributed by atoms with Crippen molar-refractivity contribution in [1.29, 1.82) is 0 Å². The topological polar surface area (TPSA) is 104 Å². The molecule has 4 heterocycles. The van der Waals surface area contributed by atoms with E-state index in [1.165, 1.54) is 18.0 Å². The Labute approximate surface area is 153 Å². The van der Waals surface area contributed by atoms with Crippen LogP contribution in [-0.4, -0.2) is 37.6 Å². The maximum absolute atomic E-state index is 12.8. The molecule has 4 rings (SSSR count). The Morgan fingerprint density at radius 3 is 2.93 bits per heavy atom. The number of rotatable bonds is 5. The van der Waals surface area contributed by atoms with Gasteiger partial charge in [0.2, 0.25) is 5.88 Å². The molecule has 1 N–H and O–H groups in total. The van der Waals surface area contributed by atoms with E-state index in [-0.39, 0.29) is 0 Å². The Morgan fingerprint density at radius 1 is 1.19 bits per heavy atom. The summed E-state index contributed by atoms with van der Waals surface area (Å²) in [4.78, 5) is 25.1. The van der Waals surface area contributed by atoms with Gasteiger partial charge in [-0.3, -0.25) is 9.78 Å². The molecule has 0 radical (unpaired) electrons. The molecule has 0 fully saturated rings. The Kier molecular flexibility index (Phi) is 4.32. The number of hydrogen-bond acceptors (Lipinski definition) is 7. The second-order valence-corrected chi connectivity index (χ2v) is 5.43. The van der Waals surface area contributed by atoms with Crippen molar-refractivity contribution >= 4 is 17.4 Å². The molecule has 4 aromatic rings. The van der Waals surface area contributed by atoms with Gasteiger partial charge in [0.15, 0.2) is 5.65 Å². The van der Waals surface area contributed by atoms with E-state index in [4.69, 9.17) is 9.47 Å². The summed E-state index contributed by atoms with van der Waals surface area (Å²) in [5, 5.41) is 6.82. The van der Waals surface area contributed by atoms with E-state index in [0.717, 1.165) is 0 Å². The van der Waals surface area contributed by atoms with Crippen LogP contribution in [0.2, 0.25) is 0 Å². The zero-order valence-electron chi connectivity index (χ0n) is 14.2. The molecule has 1 amide bonds. The summed E-state index contributed by atoms with van der Waals surface area (Å²) in [6.07, 6.45) is 6.22. The molecule has 9 nitrogen and oxygen atoms in total. The highest BCUT2D eigenvalue weighted by Crippen LogP contribution is 2.24. The zero-order valence-corrected chi connectivity index (χ0v) is 14.2. The molecule has 0 aliphatic rings. The van der Waals surface area contributed by atoms with Gasteiger partial charge in [-0.1, -0.05) is 6.07 Å². The molecule has 0 saturated carbocycles. The summed E-state index contributed by atoms with van der Waals surface area (Å²) in [7, 11) is 1.51. The monoisotopic (exact) mass is 362 g/mol. The van der Waals surface area contributed by atoms with E-state index in [1.54, 1.807) is 55.0 Å². The van der Waals surface area contributed by atoms with Crippen molar-refractivity contribution in [2.24, 2.45) is 0 Å². The molecule has 0 unspecified atom stereocenters. The molecule has 0 spiro atoms. The number of nitrogens with zero attached hydrogens (tertiary/aromatic N) is 5. The van der Waals surface area contributed by atoms with Gasteiger partial charge < -0.3 is 14.8 Å². The third-order valence-electron chi connectivity index (χ3n) is 3.64. The molecular weight excluding hydrogens is 348 g/mol. The lowest BCUT2D eigenvalue weighted by atomic mass is 10.2. The van der Waals surface area contributed by atoms with Crippen LogP contribution in [0.5, 0.6) is 17.4 Å². The Hall–Kier alpha value is -4.01. The summed E-state index contributed by atoms with van der Waals surface area (Å²) in [5.41, 5.74) is 0.687. The normalized spacial score (nSPS) is 10.6. The second-order valence-electron chi connectivity index (χ2n) is 5.43. The highest BCUT2D eigenvalue weighted by atomic mass is 16.5. The molecule has 0 saturated heterocycles. The Morgan fingerprint density at radius 2 is 2.11 bits per heavy atom. The van der Waals surface area contributed by atoms with E-state index >= 15 is 0 Å². The summed E-state index contributed by atoms with van der Waals surface area (Å²) in [6, 6.07) is 10.2. The number of hydrogen-bond donors (Lipinski definition) is 1. The van der Waals surface area contributed by atoms with Crippen molar-refractivity contribution in [1.82, 2.24) is 24.6 Å². The molecule has 27 heavy (non-hydrogen) atoms. The van der Waals surface area contributed by atoms with Gasteiger partial charge in [-0.2, -0.15) is 10.1 Å². The molecule has 0 aliphatic carbocycles. The van der Waals surface area contributed by atoms with E-state index in [1.807, 2.05) is 0 Å². The maximum atomic E-state index is 12.8. The molecule has 134 valence electrons. The van der Waals surface area contributed by atoms with E-state index in [0.29, 0.717) is 34.4 Å². The number of carbonyl (C=O) groups excluding carboxylic acids is 1. The molecule has 0 bridgehead atoms. The first kappa shape index (κ1) is 16.5. The first-order valence-corrected chi connectivity index (χ1v) is 7.96. The highest BCUT2D eigenvalue weighted by Gasteiger charge is 2.16. The summed E-state index contributed by atoms with van der Waals surface area (Å²) < 4.78 is 12.3. The first-order chi connectivity index (χ1) is 13.2. The minimum absolute atomic E-state index is 0.290. The van der Waals surface area contributed by atoms with Crippen LogP contribution in [0, 0.1) is 0 Å². The van der Waals surface area contributed by atoms with Gasteiger partial charge in [-0.15, -0.1) is 0 Å². The predicted molar refractivity (Wildman–Crippen MR) is 96.0 cm³/mol. The van der Waals surface area contributed by atoms with Crippen molar-refractivity contribution in [3.8, 4) is 17.4 Å². The predicted octanol–water partition coefficient (Wildman–Crippen LogP) is 2.57. The van der Waals surface area contributed by atoms with Gasteiger partial charge in [0.05, 0.1) is 25.1 Å². The van der Waals surface area contributed by atoms with Crippen LogP contribution in [0.3, 0.4) is 0 Å². The van der Waals surface area contributed by atoms with Crippen LogP contribution in [0.1, 0.15) is 10.4 Å². The molecular formula is C18H14N6O3. The number of carbonyl (C=O) groups is 1. The van der Waals surface area contributed by atoms with E-state index in [9.17, 15) is 4.79 Å². The number of methoxy groups -OCH3 is 1. The minimum Gasteiger partial charge on any atom is -0.481 e. The average Bonchev–Trinajstić information content (AvgIpc) is 3.17. The Balaban J connectivity index is 1.67. The van der Waals surface area contributed by atoms with Crippen LogP contribution >= 0.6 is 0 Å². The number of fused-ring (bicyclic) bond motifs is 1. The quantitative estimate of drug-likeness (QED) is 0.582. The van der Waals surface area contributed by atoms with Crippen LogP contribution in [0.15, 0.2) is 61.3 Å². The standard InChI is InChI=1S/C18H14N6O3/c1-26-16-6-2-5-15(22-16)23-18(25)14-8-13(10-24-17(14)20-11-21-24)27-12-4-3-7-19-9-12/h2-11H,1H3,(H,22,23,25). The largest absolute Gasteiger partial charge is 0.481 e. The fourth-order valence-electron chi connectivity index (χ4n) is 2.45. The van der Waals surface area contributed by atoms with Gasteiger partial charge in [-0.05, 0) is 24.3 Å². The van der Waals surface area contributed by atoms with Gasteiger partial charge in [0, 0.05) is 12.3 Å². The van der Waals surface area contributed by atoms with Crippen LogP contribution in [0.4, 0.5) is 5.82 Å². The third-order valence-corrected chi connectivity index (χ3v) is 3.64. The lowest BCUT2D eigenvalue weighted by Crippen LogP contribution is -2.15. The minimum atomic E-state index is -0.398. The number of anilines is 1. The summed E-state index contributed by atoms with van der Waals surface area (Å²) in [5.74, 6) is 1.32. The number of ether oxygens (including phenoxy) is 2. The van der Waals surface area contributed by atoms with Crippen LogP contribution < -0.4 is 14.8 Å². The number of amides is 1. The first-order valence-electron chi connectivity index (χ1n) is 7.96. The maximum Gasteiger partial charge on any atom is 0.260 e. The fourth-order valence-corrected chi connectivity index (χ4v) is 2.45. The smallest absolute Gasteiger partial charge is 0.260 e. The SMILES string of the molecule is COc1cccc(NC(=O)c2cc(Oc3cccnc3)cn3ncnc23)n1. The second kappa shape index (κ2) is 7.08. The van der Waals surface area contributed by atoms with E-state index in [2.05, 4.69) is 25.4 Å². The third kappa shape index (κ3) is 3.52. The summed E-state index contributed by atoms with van der Waals surface area (Å²) >= 11 is 0. The van der Waals surface area contributed by atoms with Gasteiger partial charge in [0.25, 0.3) is 5.91 Å². The molecule has 0 atom stereocenters. The van der Waals surface area contributed by atoms with Crippen molar-refractivity contribution in [2.45, 2.75) is 0 Å². The Bertz CT molecular complexity index is 1100. The van der Waals surface area contributed by atoms with E-state index < -0.39 is 5.91 Å². The van der Waals surface area contributed by atoms with Crippen molar-refractivity contribution in [3.05, 3.63) is 66.9 Å². The lowest BCUT2D eigenvalue weighted by molar-refractivity contribution is 0.102. The van der Waals surface area contributed by atoms with Crippen LogP contribution in [-0.2, 0) is 0 Å². The number of nitrogens with one attached hydrogen (secondary N) is 1.